The number of hydrazine groups is 1. The smallest absolute Gasteiger partial charge is 0.220 e. The van der Waals surface area contributed by atoms with Crippen LogP contribution >= 0.6 is 11.3 Å². The molecule has 0 saturated carbocycles. The maximum atomic E-state index is 11.0. The number of carbonyl (C=O) groups excluding carboxylic acids is 1. The number of piperidine rings is 1. The van der Waals surface area contributed by atoms with Gasteiger partial charge in [-0.1, -0.05) is 11.3 Å². The van der Waals surface area contributed by atoms with Crippen molar-refractivity contribution in [3.05, 3.63) is 5.01 Å². The van der Waals surface area contributed by atoms with Crippen molar-refractivity contribution < 1.29 is 4.79 Å². The number of nitrogen functional groups attached to an aromatic ring is 1. The predicted molar refractivity (Wildman–Crippen MR) is 64.9 cm³/mol. The van der Waals surface area contributed by atoms with Crippen LogP contribution in [0.3, 0.4) is 0 Å². The number of aromatic nitrogens is 2. The van der Waals surface area contributed by atoms with Crippen molar-refractivity contribution in [1.29, 1.82) is 0 Å². The van der Waals surface area contributed by atoms with Crippen molar-refractivity contribution in [3.63, 3.8) is 0 Å². The summed E-state index contributed by atoms with van der Waals surface area (Å²) in [5, 5.41) is 9.45. The monoisotopic (exact) mass is 256 g/mol. The van der Waals surface area contributed by atoms with Crippen molar-refractivity contribution in [3.8, 4) is 0 Å². The number of amides is 1. The van der Waals surface area contributed by atoms with Gasteiger partial charge in [-0.25, -0.2) is 5.84 Å². The second-order valence-electron chi connectivity index (χ2n) is 4.10. The fourth-order valence-corrected chi connectivity index (χ4v) is 2.64. The molecule has 0 radical (unpaired) electrons. The number of nitrogens with zero attached hydrogens (tertiary/aromatic N) is 3. The molecule has 94 valence electrons. The van der Waals surface area contributed by atoms with E-state index in [9.17, 15) is 4.79 Å². The van der Waals surface area contributed by atoms with Crippen molar-refractivity contribution >= 4 is 22.4 Å². The number of anilines is 1. The van der Waals surface area contributed by atoms with E-state index in [4.69, 9.17) is 11.6 Å². The third-order valence-corrected chi connectivity index (χ3v) is 3.78. The lowest BCUT2D eigenvalue weighted by atomic mass is 9.96. The largest absolute Gasteiger partial charge is 0.369 e. The average Bonchev–Trinajstić information content (AvgIpc) is 2.77. The van der Waals surface area contributed by atoms with E-state index in [1.807, 2.05) is 0 Å². The third-order valence-electron chi connectivity index (χ3n) is 2.94. The number of primary amides is 1. The summed E-state index contributed by atoms with van der Waals surface area (Å²) in [6.45, 7) is 2.50. The number of hydrogen-bond acceptors (Lipinski definition) is 7. The molecule has 0 unspecified atom stereocenters. The highest BCUT2D eigenvalue weighted by Crippen LogP contribution is 2.21. The fourth-order valence-electron chi connectivity index (χ4n) is 1.94. The van der Waals surface area contributed by atoms with Crippen molar-refractivity contribution in [2.75, 3.05) is 18.5 Å². The SMILES string of the molecule is NNc1nnc(CN2CCC(C(N)=O)CC2)s1. The number of nitrogens with two attached hydrogens (primary N) is 2. The molecule has 0 atom stereocenters. The van der Waals surface area contributed by atoms with Crippen LogP contribution in [0.2, 0.25) is 0 Å². The molecule has 1 aliphatic heterocycles. The van der Waals surface area contributed by atoms with E-state index < -0.39 is 0 Å². The van der Waals surface area contributed by atoms with Gasteiger partial charge in [-0.05, 0) is 25.9 Å². The molecular formula is C9H16N6OS. The Bertz CT molecular complexity index is 387. The minimum atomic E-state index is -0.185. The van der Waals surface area contributed by atoms with Gasteiger partial charge < -0.3 is 5.73 Å². The molecule has 0 spiro atoms. The van der Waals surface area contributed by atoms with Gasteiger partial charge in [0.1, 0.15) is 5.01 Å². The molecule has 7 nitrogen and oxygen atoms in total. The van der Waals surface area contributed by atoms with E-state index in [0.717, 1.165) is 37.5 Å². The first-order valence-corrected chi connectivity index (χ1v) is 6.31. The highest BCUT2D eigenvalue weighted by molar-refractivity contribution is 7.15. The second-order valence-corrected chi connectivity index (χ2v) is 5.16. The predicted octanol–water partition coefficient (Wildman–Crippen LogP) is -0.479. The van der Waals surface area contributed by atoms with Gasteiger partial charge in [0.2, 0.25) is 11.0 Å². The first-order valence-electron chi connectivity index (χ1n) is 5.49. The molecule has 1 aromatic heterocycles. The molecule has 2 rings (SSSR count). The zero-order valence-electron chi connectivity index (χ0n) is 9.43. The Balaban J connectivity index is 1.83. The number of carbonyl (C=O) groups is 1. The summed E-state index contributed by atoms with van der Waals surface area (Å²) in [5.41, 5.74) is 7.76. The summed E-state index contributed by atoms with van der Waals surface area (Å²) < 4.78 is 0. The van der Waals surface area contributed by atoms with Gasteiger partial charge in [0.15, 0.2) is 0 Å². The van der Waals surface area contributed by atoms with Crippen LogP contribution in [-0.2, 0) is 11.3 Å². The Morgan fingerprint density at radius 3 is 2.71 bits per heavy atom. The van der Waals surface area contributed by atoms with Crippen LogP contribution in [0, 0.1) is 5.92 Å². The first-order chi connectivity index (χ1) is 8.19. The molecule has 0 aromatic carbocycles. The van der Waals surface area contributed by atoms with Gasteiger partial charge in [-0.2, -0.15) is 0 Å². The number of hydrogen-bond donors (Lipinski definition) is 3. The first kappa shape index (κ1) is 12.2. The molecular weight excluding hydrogens is 240 g/mol. The molecule has 8 heteroatoms. The van der Waals surface area contributed by atoms with E-state index in [-0.39, 0.29) is 11.8 Å². The van der Waals surface area contributed by atoms with E-state index in [1.54, 1.807) is 0 Å². The minimum absolute atomic E-state index is 0.0296. The number of nitrogens with one attached hydrogen (secondary N) is 1. The summed E-state index contributed by atoms with van der Waals surface area (Å²) in [4.78, 5) is 13.3. The molecule has 0 bridgehead atoms. The van der Waals surface area contributed by atoms with Crippen LogP contribution < -0.4 is 17.0 Å². The van der Waals surface area contributed by atoms with Gasteiger partial charge >= 0.3 is 0 Å². The zero-order valence-corrected chi connectivity index (χ0v) is 10.2. The van der Waals surface area contributed by atoms with Crippen molar-refractivity contribution in [2.24, 2.45) is 17.5 Å². The number of likely N-dealkylation sites (tertiary alicyclic amines) is 1. The second kappa shape index (κ2) is 5.39. The Labute approximate surface area is 103 Å². The topological polar surface area (TPSA) is 110 Å². The fraction of sp³-hybridized carbons (Fsp3) is 0.667. The van der Waals surface area contributed by atoms with Crippen LogP contribution in [-0.4, -0.2) is 34.1 Å². The highest BCUT2D eigenvalue weighted by atomic mass is 32.1. The molecule has 1 aromatic rings. The van der Waals surface area contributed by atoms with E-state index in [1.165, 1.54) is 11.3 Å². The van der Waals surface area contributed by atoms with Crippen LogP contribution in [0.25, 0.3) is 0 Å². The lowest BCUT2D eigenvalue weighted by molar-refractivity contribution is -0.123. The van der Waals surface area contributed by atoms with E-state index in [0.29, 0.717) is 5.13 Å². The molecule has 1 saturated heterocycles. The molecule has 2 heterocycles. The standard InChI is InChI=1S/C9H16N6OS/c10-8(16)6-1-3-15(4-2-6)5-7-13-14-9(12-11)17-7/h6H,1-5,11H2,(H2,10,16)(H,12,14). The van der Waals surface area contributed by atoms with Crippen LogP contribution in [0.15, 0.2) is 0 Å². The van der Waals surface area contributed by atoms with Gasteiger partial charge in [0, 0.05) is 5.92 Å². The lowest BCUT2D eigenvalue weighted by Crippen LogP contribution is -2.38. The molecule has 1 aliphatic rings. The zero-order chi connectivity index (χ0) is 12.3. The Kier molecular flexibility index (Phi) is 3.87. The van der Waals surface area contributed by atoms with Crippen LogP contribution in [0.5, 0.6) is 0 Å². The van der Waals surface area contributed by atoms with Gasteiger partial charge in [0.25, 0.3) is 0 Å². The quantitative estimate of drug-likeness (QED) is 0.496. The summed E-state index contributed by atoms with van der Waals surface area (Å²) in [5.74, 6) is 5.09. The van der Waals surface area contributed by atoms with Crippen LogP contribution in [0.1, 0.15) is 17.8 Å². The maximum absolute atomic E-state index is 11.0. The molecule has 5 N–H and O–H groups in total. The Morgan fingerprint density at radius 1 is 1.47 bits per heavy atom. The third kappa shape index (κ3) is 3.11. The maximum Gasteiger partial charge on any atom is 0.220 e. The van der Waals surface area contributed by atoms with Gasteiger partial charge in [-0.15, -0.1) is 10.2 Å². The van der Waals surface area contributed by atoms with Crippen LogP contribution in [0.4, 0.5) is 5.13 Å². The molecule has 0 aliphatic carbocycles. The van der Waals surface area contributed by atoms with E-state index >= 15 is 0 Å². The summed E-state index contributed by atoms with van der Waals surface area (Å²) >= 11 is 1.44. The molecule has 17 heavy (non-hydrogen) atoms. The summed E-state index contributed by atoms with van der Waals surface area (Å²) in [6.07, 6.45) is 1.66. The van der Waals surface area contributed by atoms with Crippen molar-refractivity contribution in [2.45, 2.75) is 19.4 Å². The highest BCUT2D eigenvalue weighted by Gasteiger charge is 2.23. The minimum Gasteiger partial charge on any atom is -0.369 e. The molecule has 1 fully saturated rings. The van der Waals surface area contributed by atoms with E-state index in [2.05, 4.69) is 20.5 Å². The lowest BCUT2D eigenvalue weighted by Gasteiger charge is -2.29. The molecule has 1 amide bonds. The summed E-state index contributed by atoms with van der Waals surface area (Å²) in [6, 6.07) is 0. The summed E-state index contributed by atoms with van der Waals surface area (Å²) in [7, 11) is 0. The normalized spacial score (nSPS) is 18.2. The van der Waals surface area contributed by atoms with Gasteiger partial charge in [0.05, 0.1) is 6.54 Å². The Morgan fingerprint density at radius 2 is 2.18 bits per heavy atom. The van der Waals surface area contributed by atoms with Crippen molar-refractivity contribution in [1.82, 2.24) is 15.1 Å². The van der Waals surface area contributed by atoms with Gasteiger partial charge in [-0.3, -0.25) is 15.1 Å². The average molecular weight is 256 g/mol. The Hall–Kier alpha value is -1.25. The number of rotatable bonds is 4.